The lowest BCUT2D eigenvalue weighted by molar-refractivity contribution is -0.144. The van der Waals surface area contributed by atoms with E-state index in [2.05, 4.69) is 0 Å². The SMILES string of the molecule is CC1=CC(=O)C2=C(C)CC(OC(=O)c3ccccc3Cl)C3C(C)C(=O)OC3C12. The molecule has 2 aliphatic carbocycles. The maximum Gasteiger partial charge on any atom is 0.339 e. The molecule has 1 aromatic rings. The number of rotatable bonds is 2. The standard InChI is InChI=1S/C22H21ClO5/c1-10-8-15(24)17-11(2)9-16(19-12(3)21(25)28-20(19)18(10)17)27-22(26)13-6-4-5-7-14(13)23/h4-8,12,16,18-20H,9H2,1-3H3. The van der Waals surface area contributed by atoms with Crippen LogP contribution < -0.4 is 0 Å². The second-order valence-electron chi connectivity index (χ2n) is 7.82. The van der Waals surface area contributed by atoms with Crippen molar-refractivity contribution >= 4 is 29.3 Å². The van der Waals surface area contributed by atoms with E-state index in [4.69, 9.17) is 21.1 Å². The summed E-state index contributed by atoms with van der Waals surface area (Å²) in [5.74, 6) is -1.93. The molecule has 0 amide bonds. The van der Waals surface area contributed by atoms with Gasteiger partial charge >= 0.3 is 11.9 Å². The van der Waals surface area contributed by atoms with E-state index in [1.165, 1.54) is 0 Å². The molecule has 0 saturated carbocycles. The van der Waals surface area contributed by atoms with Gasteiger partial charge in [-0.2, -0.15) is 0 Å². The van der Waals surface area contributed by atoms with Gasteiger partial charge in [0.25, 0.3) is 0 Å². The van der Waals surface area contributed by atoms with Crippen LogP contribution in [0.3, 0.4) is 0 Å². The zero-order chi connectivity index (χ0) is 20.2. The van der Waals surface area contributed by atoms with Crippen LogP contribution in [-0.4, -0.2) is 29.9 Å². The molecule has 5 unspecified atom stereocenters. The maximum absolute atomic E-state index is 12.8. The summed E-state index contributed by atoms with van der Waals surface area (Å²) in [5, 5.41) is 0.311. The van der Waals surface area contributed by atoms with E-state index in [1.54, 1.807) is 37.3 Å². The van der Waals surface area contributed by atoms with Crippen molar-refractivity contribution in [3.05, 3.63) is 57.6 Å². The number of ether oxygens (including phenoxy) is 2. The van der Waals surface area contributed by atoms with Crippen LogP contribution in [0.15, 0.2) is 47.1 Å². The molecule has 1 aromatic carbocycles. The Hall–Kier alpha value is -2.40. The number of ketones is 1. The second kappa shape index (κ2) is 6.89. The number of benzene rings is 1. The Bertz CT molecular complexity index is 944. The van der Waals surface area contributed by atoms with E-state index >= 15 is 0 Å². The van der Waals surface area contributed by atoms with Gasteiger partial charge < -0.3 is 9.47 Å². The van der Waals surface area contributed by atoms with Crippen LogP contribution in [-0.2, 0) is 19.1 Å². The summed E-state index contributed by atoms with van der Waals surface area (Å²) in [5.41, 5.74) is 2.71. The van der Waals surface area contributed by atoms with Gasteiger partial charge in [-0.1, -0.05) is 41.8 Å². The summed E-state index contributed by atoms with van der Waals surface area (Å²) >= 11 is 6.14. The minimum Gasteiger partial charge on any atom is -0.461 e. The normalized spacial score (nSPS) is 31.7. The molecular weight excluding hydrogens is 380 g/mol. The third-order valence-corrected chi connectivity index (χ3v) is 6.41. The summed E-state index contributed by atoms with van der Waals surface area (Å²) in [6.45, 7) is 5.56. The number of esters is 2. The van der Waals surface area contributed by atoms with Crippen LogP contribution in [0.2, 0.25) is 5.02 Å². The Morgan fingerprint density at radius 3 is 2.64 bits per heavy atom. The van der Waals surface area contributed by atoms with Gasteiger partial charge in [0.05, 0.1) is 16.5 Å². The van der Waals surface area contributed by atoms with Gasteiger partial charge in [-0.15, -0.1) is 0 Å². The van der Waals surface area contributed by atoms with Gasteiger partial charge in [0.15, 0.2) is 5.78 Å². The molecule has 0 aromatic heterocycles. The first-order valence-electron chi connectivity index (χ1n) is 9.37. The number of allylic oxidation sites excluding steroid dienone is 1. The van der Waals surface area contributed by atoms with Crippen LogP contribution in [0.5, 0.6) is 0 Å². The zero-order valence-corrected chi connectivity index (χ0v) is 16.7. The molecule has 1 saturated heterocycles. The highest BCUT2D eigenvalue weighted by Crippen LogP contribution is 2.48. The fraction of sp³-hybridized carbons (Fsp3) is 0.409. The van der Waals surface area contributed by atoms with Crippen molar-refractivity contribution in [3.8, 4) is 0 Å². The minimum atomic E-state index is -0.575. The number of hydrogen-bond donors (Lipinski definition) is 0. The topological polar surface area (TPSA) is 69.7 Å². The van der Waals surface area contributed by atoms with Crippen molar-refractivity contribution in [2.45, 2.75) is 39.4 Å². The molecule has 0 spiro atoms. The van der Waals surface area contributed by atoms with Crippen molar-refractivity contribution < 1.29 is 23.9 Å². The third kappa shape index (κ3) is 2.89. The maximum atomic E-state index is 12.8. The second-order valence-corrected chi connectivity index (χ2v) is 8.23. The fourth-order valence-electron chi connectivity index (χ4n) is 4.74. The highest BCUT2D eigenvalue weighted by atomic mass is 35.5. The predicted octanol–water partition coefficient (Wildman–Crippen LogP) is 3.91. The van der Waals surface area contributed by atoms with E-state index in [9.17, 15) is 14.4 Å². The zero-order valence-electron chi connectivity index (χ0n) is 15.9. The fourth-order valence-corrected chi connectivity index (χ4v) is 4.95. The third-order valence-electron chi connectivity index (χ3n) is 6.08. The molecule has 1 aliphatic heterocycles. The molecule has 6 heteroatoms. The lowest BCUT2D eigenvalue weighted by Gasteiger charge is -2.29. The highest BCUT2D eigenvalue weighted by Gasteiger charge is 2.55. The quantitative estimate of drug-likeness (QED) is 0.704. The summed E-state index contributed by atoms with van der Waals surface area (Å²) in [7, 11) is 0. The van der Waals surface area contributed by atoms with E-state index in [0.29, 0.717) is 17.0 Å². The Kier molecular flexibility index (Phi) is 4.66. The van der Waals surface area contributed by atoms with Gasteiger partial charge in [-0.3, -0.25) is 9.59 Å². The van der Waals surface area contributed by atoms with E-state index in [0.717, 1.165) is 11.1 Å². The number of carbonyl (C=O) groups excluding carboxylic acids is 3. The smallest absolute Gasteiger partial charge is 0.339 e. The molecule has 4 rings (SSSR count). The monoisotopic (exact) mass is 400 g/mol. The first kappa shape index (κ1) is 18.9. The Morgan fingerprint density at radius 2 is 1.93 bits per heavy atom. The average molecular weight is 401 g/mol. The van der Waals surface area contributed by atoms with Gasteiger partial charge in [-0.25, -0.2) is 4.79 Å². The first-order valence-corrected chi connectivity index (χ1v) is 9.75. The van der Waals surface area contributed by atoms with Crippen LogP contribution in [0, 0.1) is 17.8 Å². The van der Waals surface area contributed by atoms with Gasteiger partial charge in [0.2, 0.25) is 0 Å². The molecule has 5 atom stereocenters. The van der Waals surface area contributed by atoms with E-state index < -0.39 is 24.1 Å². The molecule has 1 fully saturated rings. The predicted molar refractivity (Wildman–Crippen MR) is 103 cm³/mol. The molecule has 0 N–H and O–H groups in total. The van der Waals surface area contributed by atoms with Gasteiger partial charge in [-0.05, 0) is 32.1 Å². The molecule has 28 heavy (non-hydrogen) atoms. The molecule has 5 nitrogen and oxygen atoms in total. The van der Waals surface area contributed by atoms with Crippen LogP contribution in [0.1, 0.15) is 37.6 Å². The van der Waals surface area contributed by atoms with Crippen LogP contribution >= 0.6 is 11.6 Å². The minimum absolute atomic E-state index is 0.0487. The van der Waals surface area contributed by atoms with Crippen molar-refractivity contribution in [2.24, 2.45) is 17.8 Å². The molecule has 0 radical (unpaired) electrons. The van der Waals surface area contributed by atoms with Crippen LogP contribution in [0.4, 0.5) is 0 Å². The van der Waals surface area contributed by atoms with E-state index in [-0.39, 0.29) is 29.2 Å². The summed E-state index contributed by atoms with van der Waals surface area (Å²) in [6, 6.07) is 6.69. The average Bonchev–Trinajstić information content (AvgIpc) is 3.05. The van der Waals surface area contributed by atoms with E-state index in [1.807, 2.05) is 13.8 Å². The van der Waals surface area contributed by atoms with Crippen molar-refractivity contribution in [2.75, 3.05) is 0 Å². The largest absolute Gasteiger partial charge is 0.461 e. The lowest BCUT2D eigenvalue weighted by Crippen LogP contribution is -2.38. The number of hydrogen-bond acceptors (Lipinski definition) is 5. The highest BCUT2D eigenvalue weighted by molar-refractivity contribution is 6.33. The lowest BCUT2D eigenvalue weighted by atomic mass is 9.79. The summed E-state index contributed by atoms with van der Waals surface area (Å²) in [6.07, 6.45) is 0.917. The van der Waals surface area contributed by atoms with Crippen LogP contribution in [0.25, 0.3) is 0 Å². The molecule has 0 bridgehead atoms. The first-order chi connectivity index (χ1) is 13.3. The Morgan fingerprint density at radius 1 is 1.21 bits per heavy atom. The molecule has 3 aliphatic rings. The van der Waals surface area contributed by atoms with Crippen molar-refractivity contribution in [1.29, 1.82) is 0 Å². The van der Waals surface area contributed by atoms with Gasteiger partial charge in [0.1, 0.15) is 12.2 Å². The summed E-state index contributed by atoms with van der Waals surface area (Å²) < 4.78 is 11.6. The Balaban J connectivity index is 1.72. The number of fused-ring (bicyclic) bond motifs is 3. The Labute approximate surface area is 168 Å². The molecule has 146 valence electrons. The number of halogens is 1. The summed E-state index contributed by atoms with van der Waals surface area (Å²) in [4.78, 5) is 37.7. The van der Waals surface area contributed by atoms with Crippen molar-refractivity contribution in [1.82, 2.24) is 0 Å². The molecule has 1 heterocycles. The number of carbonyl (C=O) groups is 3. The molecular formula is C22H21ClO5. The van der Waals surface area contributed by atoms with Crippen molar-refractivity contribution in [3.63, 3.8) is 0 Å². The van der Waals surface area contributed by atoms with Gasteiger partial charge in [0, 0.05) is 23.8 Å².